The minimum Gasteiger partial charge on any atom is -0.475 e. The quantitative estimate of drug-likeness (QED) is 0.562. The molecule has 1 aliphatic carbocycles. The Bertz CT molecular complexity index is 1250. The molecule has 4 N–H and O–H groups in total. The number of hydrogen-bond acceptors (Lipinski definition) is 6. The lowest BCUT2D eigenvalue weighted by Gasteiger charge is -2.25. The molecule has 4 rings (SSSR count). The molecule has 0 saturated heterocycles. The smallest absolute Gasteiger partial charge is 0.260 e. The number of sulfonamides is 1. The van der Waals surface area contributed by atoms with Crippen molar-refractivity contribution in [3.8, 4) is 17.0 Å². The number of rotatable bonds is 6. The highest BCUT2D eigenvalue weighted by atomic mass is 32.2. The highest BCUT2D eigenvalue weighted by molar-refractivity contribution is 7.89. The number of ether oxygens (including phenoxy) is 1. The van der Waals surface area contributed by atoms with Gasteiger partial charge in [-0.15, -0.1) is 0 Å². The standard InChI is InChI=1S/C21H24FN5O3S/c1-21(2,27-11-17(22)20(26-27)31(24,28)29)12-30-18-10-14(8-9-25-18)16-7-6-13-4-3-5-15(13)19(16)23/h6-11H,3-5,12,23H2,1-2H3,(H2,24,28,29). The summed E-state index contributed by atoms with van der Waals surface area (Å²) in [5.41, 5.74) is 10.7. The molecule has 0 atom stereocenters. The molecular formula is C21H24FN5O3S. The van der Waals surface area contributed by atoms with Gasteiger partial charge in [-0.1, -0.05) is 12.1 Å². The summed E-state index contributed by atoms with van der Waals surface area (Å²) in [5.74, 6) is -0.646. The van der Waals surface area contributed by atoms with Crippen LogP contribution in [0.4, 0.5) is 10.1 Å². The predicted octanol–water partition coefficient (Wildman–Crippen LogP) is 2.62. The Kier molecular flexibility index (Phi) is 5.22. The lowest BCUT2D eigenvalue weighted by Crippen LogP contribution is -2.34. The van der Waals surface area contributed by atoms with Crippen LogP contribution in [0.15, 0.2) is 41.7 Å². The number of benzene rings is 1. The molecule has 10 heteroatoms. The van der Waals surface area contributed by atoms with Gasteiger partial charge in [-0.05, 0) is 55.9 Å². The molecule has 0 saturated carbocycles. The van der Waals surface area contributed by atoms with Crippen molar-refractivity contribution in [1.82, 2.24) is 14.8 Å². The fourth-order valence-electron chi connectivity index (χ4n) is 3.76. The zero-order valence-electron chi connectivity index (χ0n) is 17.3. The minimum atomic E-state index is -4.26. The zero-order chi connectivity index (χ0) is 22.4. The Morgan fingerprint density at radius 3 is 2.74 bits per heavy atom. The molecule has 0 fully saturated rings. The van der Waals surface area contributed by atoms with Gasteiger partial charge in [-0.25, -0.2) is 22.9 Å². The first kappa shape index (κ1) is 21.3. The average Bonchev–Trinajstić information content (AvgIpc) is 3.34. The lowest BCUT2D eigenvalue weighted by molar-refractivity contribution is 0.164. The summed E-state index contributed by atoms with van der Waals surface area (Å²) in [6, 6.07) is 7.80. The second-order valence-electron chi connectivity index (χ2n) is 8.27. The number of nitrogen functional groups attached to an aromatic ring is 1. The molecule has 3 aromatic rings. The molecule has 8 nitrogen and oxygen atoms in total. The summed E-state index contributed by atoms with van der Waals surface area (Å²) in [4.78, 5) is 4.24. The summed E-state index contributed by atoms with van der Waals surface area (Å²) in [6.45, 7) is 3.53. The second kappa shape index (κ2) is 7.61. The van der Waals surface area contributed by atoms with E-state index in [1.54, 1.807) is 26.1 Å². The number of primary sulfonamides is 1. The molecule has 164 valence electrons. The first-order valence-corrected chi connectivity index (χ1v) is 11.4. The van der Waals surface area contributed by atoms with Gasteiger partial charge in [0.1, 0.15) is 6.61 Å². The van der Waals surface area contributed by atoms with Crippen LogP contribution in [0.2, 0.25) is 0 Å². The van der Waals surface area contributed by atoms with E-state index in [9.17, 15) is 12.8 Å². The number of nitrogens with two attached hydrogens (primary N) is 2. The van der Waals surface area contributed by atoms with Crippen LogP contribution in [0.3, 0.4) is 0 Å². The minimum absolute atomic E-state index is 0.0638. The maximum absolute atomic E-state index is 14.0. The van der Waals surface area contributed by atoms with Gasteiger partial charge in [0.05, 0.1) is 11.7 Å². The van der Waals surface area contributed by atoms with Gasteiger partial charge >= 0.3 is 0 Å². The monoisotopic (exact) mass is 445 g/mol. The Morgan fingerprint density at radius 2 is 2.03 bits per heavy atom. The van der Waals surface area contributed by atoms with E-state index < -0.39 is 26.4 Å². The van der Waals surface area contributed by atoms with E-state index in [0.29, 0.717) is 5.88 Å². The van der Waals surface area contributed by atoms with Crippen molar-refractivity contribution < 1.29 is 17.5 Å². The maximum Gasteiger partial charge on any atom is 0.260 e. The van der Waals surface area contributed by atoms with Gasteiger partial charge in [0.2, 0.25) is 10.9 Å². The third kappa shape index (κ3) is 4.13. The third-order valence-electron chi connectivity index (χ3n) is 5.47. The fraction of sp³-hybridized carbons (Fsp3) is 0.333. The molecule has 31 heavy (non-hydrogen) atoms. The third-order valence-corrected chi connectivity index (χ3v) is 6.29. The highest BCUT2D eigenvalue weighted by Gasteiger charge is 2.28. The van der Waals surface area contributed by atoms with Gasteiger partial charge in [-0.2, -0.15) is 5.10 Å². The van der Waals surface area contributed by atoms with Crippen molar-refractivity contribution in [2.75, 3.05) is 12.3 Å². The van der Waals surface area contributed by atoms with Gasteiger partial charge < -0.3 is 10.5 Å². The van der Waals surface area contributed by atoms with Crippen molar-refractivity contribution in [3.05, 3.63) is 53.6 Å². The average molecular weight is 446 g/mol. The molecule has 2 heterocycles. The van der Waals surface area contributed by atoms with Crippen molar-refractivity contribution >= 4 is 15.7 Å². The normalized spacial score (nSPS) is 13.9. The molecule has 0 aliphatic heterocycles. The summed E-state index contributed by atoms with van der Waals surface area (Å²) < 4.78 is 43.9. The fourth-order valence-corrected chi connectivity index (χ4v) is 4.29. The van der Waals surface area contributed by atoms with Gasteiger partial charge in [0, 0.05) is 23.5 Å². The Labute approximate surface area is 180 Å². The topological polar surface area (TPSA) is 126 Å². The summed E-state index contributed by atoms with van der Waals surface area (Å²) >= 11 is 0. The largest absolute Gasteiger partial charge is 0.475 e. The van der Waals surface area contributed by atoms with E-state index in [0.717, 1.165) is 42.3 Å². The van der Waals surface area contributed by atoms with Gasteiger partial charge in [-0.3, -0.25) is 4.68 Å². The molecule has 1 aliphatic rings. The van der Waals surface area contributed by atoms with Crippen molar-refractivity contribution in [2.45, 2.75) is 43.7 Å². The maximum atomic E-state index is 14.0. The summed E-state index contributed by atoms with van der Waals surface area (Å²) in [5, 5.41) is 7.99. The first-order chi connectivity index (χ1) is 14.6. The molecule has 0 radical (unpaired) electrons. The van der Waals surface area contributed by atoms with Crippen LogP contribution in [0.5, 0.6) is 5.88 Å². The van der Waals surface area contributed by atoms with E-state index in [2.05, 4.69) is 16.1 Å². The van der Waals surface area contributed by atoms with Crippen LogP contribution in [0.1, 0.15) is 31.4 Å². The zero-order valence-corrected chi connectivity index (χ0v) is 18.1. The van der Waals surface area contributed by atoms with Gasteiger partial charge in [0.25, 0.3) is 10.0 Å². The number of hydrogen-bond donors (Lipinski definition) is 2. The number of aromatic nitrogens is 3. The SMILES string of the molecule is CC(C)(COc1cc(-c2ccc3c(c2N)CCC3)ccn1)n1cc(F)c(S(N)(=O)=O)n1. The number of nitrogens with zero attached hydrogens (tertiary/aromatic N) is 3. The van der Waals surface area contributed by atoms with Crippen LogP contribution < -0.4 is 15.6 Å². The van der Waals surface area contributed by atoms with E-state index in [-0.39, 0.29) is 6.61 Å². The number of halogens is 1. The second-order valence-corrected chi connectivity index (χ2v) is 9.75. The number of aryl methyl sites for hydroxylation is 1. The molecule has 0 bridgehead atoms. The van der Waals surface area contributed by atoms with E-state index in [4.69, 9.17) is 15.6 Å². The molecule has 1 aromatic carbocycles. The molecule has 0 unspecified atom stereocenters. The van der Waals surface area contributed by atoms with Crippen LogP contribution in [0, 0.1) is 5.82 Å². The Hall–Kier alpha value is -2.98. The molecule has 2 aromatic heterocycles. The van der Waals surface area contributed by atoms with Crippen LogP contribution in [-0.4, -0.2) is 29.8 Å². The molecular weight excluding hydrogens is 421 g/mol. The Morgan fingerprint density at radius 1 is 1.26 bits per heavy atom. The van der Waals surface area contributed by atoms with Crippen molar-refractivity contribution in [2.24, 2.45) is 5.14 Å². The Balaban J connectivity index is 1.55. The van der Waals surface area contributed by atoms with E-state index >= 15 is 0 Å². The van der Waals surface area contributed by atoms with Crippen LogP contribution in [-0.2, 0) is 28.4 Å². The highest BCUT2D eigenvalue weighted by Crippen LogP contribution is 2.36. The van der Waals surface area contributed by atoms with Gasteiger partial charge in [0.15, 0.2) is 5.82 Å². The number of pyridine rings is 1. The van der Waals surface area contributed by atoms with E-state index in [1.165, 1.54) is 15.8 Å². The molecule has 0 spiro atoms. The van der Waals surface area contributed by atoms with Crippen LogP contribution >= 0.6 is 0 Å². The van der Waals surface area contributed by atoms with Crippen molar-refractivity contribution in [1.29, 1.82) is 0 Å². The summed E-state index contributed by atoms with van der Waals surface area (Å²) in [6.07, 6.45) is 5.78. The van der Waals surface area contributed by atoms with Crippen molar-refractivity contribution in [3.63, 3.8) is 0 Å². The van der Waals surface area contributed by atoms with Crippen LogP contribution in [0.25, 0.3) is 11.1 Å². The number of anilines is 1. The molecule has 0 amide bonds. The first-order valence-electron chi connectivity index (χ1n) is 9.84. The predicted molar refractivity (Wildman–Crippen MR) is 114 cm³/mol. The lowest BCUT2D eigenvalue weighted by atomic mass is 9.98. The van der Waals surface area contributed by atoms with E-state index in [1.807, 2.05) is 12.1 Å². The number of fused-ring (bicyclic) bond motifs is 1. The summed E-state index contributed by atoms with van der Waals surface area (Å²) in [7, 11) is -4.26.